The average Bonchev–Trinajstić information content (AvgIpc) is 2.62. The molecule has 1 saturated heterocycles. The molecule has 0 radical (unpaired) electrons. The fourth-order valence-corrected chi connectivity index (χ4v) is 4.54. The van der Waals surface area contributed by atoms with Crippen molar-refractivity contribution in [3.05, 3.63) is 54.2 Å². The van der Waals surface area contributed by atoms with E-state index in [1.807, 2.05) is 30.3 Å². The van der Waals surface area contributed by atoms with Crippen molar-refractivity contribution in [1.29, 1.82) is 0 Å². The molecule has 0 N–H and O–H groups in total. The highest BCUT2D eigenvalue weighted by Crippen LogP contribution is 2.21. The van der Waals surface area contributed by atoms with Crippen LogP contribution in [-0.2, 0) is 16.4 Å². The third-order valence-corrected chi connectivity index (χ3v) is 6.33. The monoisotopic (exact) mass is 359 g/mol. The Kier molecular flexibility index (Phi) is 5.39. The summed E-state index contributed by atoms with van der Waals surface area (Å²) in [5.74, 6) is 1.46. The molecule has 2 heterocycles. The number of nitrogens with zero attached hydrogens (tertiary/aromatic N) is 3. The first kappa shape index (κ1) is 17.9. The fourth-order valence-electron chi connectivity index (χ4n) is 3.12. The predicted molar refractivity (Wildman–Crippen MR) is 100 cm³/mol. The Hall–Kier alpha value is -1.92. The lowest BCUT2D eigenvalue weighted by atomic mass is 10.0. The van der Waals surface area contributed by atoms with E-state index in [9.17, 15) is 8.42 Å². The van der Waals surface area contributed by atoms with Crippen LogP contribution in [0.25, 0.3) is 0 Å². The predicted octanol–water partition coefficient (Wildman–Crippen LogP) is 2.79. The number of benzene rings is 1. The van der Waals surface area contributed by atoms with Gasteiger partial charge in [0, 0.05) is 32.4 Å². The van der Waals surface area contributed by atoms with E-state index >= 15 is 0 Å². The van der Waals surface area contributed by atoms with Crippen LogP contribution in [0, 0.1) is 5.92 Å². The average molecular weight is 359 g/mol. The highest BCUT2D eigenvalue weighted by atomic mass is 32.2. The van der Waals surface area contributed by atoms with Crippen LogP contribution in [0.3, 0.4) is 0 Å². The minimum atomic E-state index is -3.43. The molecule has 5 nitrogen and oxygen atoms in total. The highest BCUT2D eigenvalue weighted by Gasteiger charge is 2.28. The number of anilines is 1. The van der Waals surface area contributed by atoms with Gasteiger partial charge in [-0.2, -0.15) is 4.31 Å². The summed E-state index contributed by atoms with van der Waals surface area (Å²) in [6.07, 6.45) is 2.72. The van der Waals surface area contributed by atoms with E-state index in [0.717, 1.165) is 12.2 Å². The number of hydrogen-bond donors (Lipinski definition) is 0. The highest BCUT2D eigenvalue weighted by molar-refractivity contribution is 7.89. The van der Waals surface area contributed by atoms with Gasteiger partial charge in [-0.15, -0.1) is 0 Å². The van der Waals surface area contributed by atoms with Gasteiger partial charge in [-0.05, 0) is 42.2 Å². The van der Waals surface area contributed by atoms with Crippen molar-refractivity contribution in [2.75, 3.05) is 31.1 Å². The van der Waals surface area contributed by atoms with E-state index in [4.69, 9.17) is 0 Å². The van der Waals surface area contributed by atoms with Crippen LogP contribution in [0.5, 0.6) is 0 Å². The molecule has 1 aliphatic rings. The number of aromatic nitrogens is 1. The van der Waals surface area contributed by atoms with Crippen molar-refractivity contribution in [3.8, 4) is 0 Å². The Morgan fingerprint density at radius 3 is 2.24 bits per heavy atom. The summed E-state index contributed by atoms with van der Waals surface area (Å²) in [5, 5.41) is 0. The standard InChI is InChI=1S/C19H25N3O2S/c1-16(2)15-17-6-8-18(9-7-17)25(23,24)22-13-11-21(12-14-22)19-5-3-4-10-20-19/h3-10,16H,11-15H2,1-2H3. The minimum Gasteiger partial charge on any atom is -0.354 e. The Balaban J connectivity index is 1.67. The van der Waals surface area contributed by atoms with E-state index in [2.05, 4.69) is 23.7 Å². The third kappa shape index (κ3) is 4.19. The summed E-state index contributed by atoms with van der Waals surface area (Å²) >= 11 is 0. The number of hydrogen-bond acceptors (Lipinski definition) is 4. The first-order chi connectivity index (χ1) is 12.0. The van der Waals surface area contributed by atoms with Crippen LogP contribution in [0.1, 0.15) is 19.4 Å². The smallest absolute Gasteiger partial charge is 0.243 e. The van der Waals surface area contributed by atoms with Gasteiger partial charge in [-0.25, -0.2) is 13.4 Å². The molecule has 1 fully saturated rings. The molecule has 2 aromatic rings. The SMILES string of the molecule is CC(C)Cc1ccc(S(=O)(=O)N2CCN(c3ccccn3)CC2)cc1. The van der Waals surface area contributed by atoms with Gasteiger partial charge in [-0.1, -0.05) is 32.0 Å². The fraction of sp³-hybridized carbons (Fsp3) is 0.421. The van der Waals surface area contributed by atoms with E-state index in [1.165, 1.54) is 5.56 Å². The topological polar surface area (TPSA) is 53.5 Å². The molecule has 0 bridgehead atoms. The van der Waals surface area contributed by atoms with E-state index in [1.54, 1.807) is 22.6 Å². The van der Waals surface area contributed by atoms with Gasteiger partial charge in [-0.3, -0.25) is 0 Å². The van der Waals surface area contributed by atoms with Crippen LogP contribution < -0.4 is 4.90 Å². The lowest BCUT2D eigenvalue weighted by Crippen LogP contribution is -2.48. The van der Waals surface area contributed by atoms with Crippen molar-refractivity contribution in [1.82, 2.24) is 9.29 Å². The second-order valence-electron chi connectivity index (χ2n) is 6.82. The lowest BCUT2D eigenvalue weighted by molar-refractivity contribution is 0.384. The van der Waals surface area contributed by atoms with Crippen molar-refractivity contribution < 1.29 is 8.42 Å². The first-order valence-corrected chi connectivity index (χ1v) is 10.2. The zero-order valence-corrected chi connectivity index (χ0v) is 15.6. The number of piperazine rings is 1. The summed E-state index contributed by atoms with van der Waals surface area (Å²) in [4.78, 5) is 6.84. The zero-order chi connectivity index (χ0) is 17.9. The van der Waals surface area contributed by atoms with Gasteiger partial charge >= 0.3 is 0 Å². The molecule has 0 atom stereocenters. The largest absolute Gasteiger partial charge is 0.354 e. The molecule has 3 rings (SSSR count). The minimum absolute atomic E-state index is 0.381. The molecule has 25 heavy (non-hydrogen) atoms. The molecule has 0 spiro atoms. The maximum absolute atomic E-state index is 12.9. The molecule has 0 amide bonds. The van der Waals surface area contributed by atoms with Gasteiger partial charge in [0.2, 0.25) is 10.0 Å². The van der Waals surface area contributed by atoms with Crippen LogP contribution in [0.4, 0.5) is 5.82 Å². The van der Waals surface area contributed by atoms with Gasteiger partial charge < -0.3 is 4.90 Å². The molecule has 0 aliphatic carbocycles. The van der Waals surface area contributed by atoms with Crippen LogP contribution in [-0.4, -0.2) is 43.9 Å². The van der Waals surface area contributed by atoms with Crippen molar-refractivity contribution in [3.63, 3.8) is 0 Å². The summed E-state index contributed by atoms with van der Waals surface area (Å²) < 4.78 is 27.3. The normalized spacial score (nSPS) is 16.4. The Bertz CT molecular complexity index is 781. The van der Waals surface area contributed by atoms with E-state index < -0.39 is 10.0 Å². The van der Waals surface area contributed by atoms with Gasteiger partial charge in [0.05, 0.1) is 4.90 Å². The Morgan fingerprint density at radius 2 is 1.68 bits per heavy atom. The molecule has 134 valence electrons. The van der Waals surface area contributed by atoms with Crippen LogP contribution in [0.2, 0.25) is 0 Å². The lowest BCUT2D eigenvalue weighted by Gasteiger charge is -2.34. The third-order valence-electron chi connectivity index (χ3n) is 4.42. The number of rotatable bonds is 5. The second-order valence-corrected chi connectivity index (χ2v) is 8.76. The van der Waals surface area contributed by atoms with E-state index in [0.29, 0.717) is 37.0 Å². The van der Waals surface area contributed by atoms with Crippen LogP contribution >= 0.6 is 0 Å². The molecule has 0 unspecified atom stereocenters. The second kappa shape index (κ2) is 7.54. The molecule has 1 aromatic heterocycles. The summed E-state index contributed by atoms with van der Waals surface area (Å²) in [5.41, 5.74) is 1.17. The molecule has 6 heteroatoms. The Morgan fingerprint density at radius 1 is 1.00 bits per heavy atom. The van der Waals surface area contributed by atoms with Gasteiger partial charge in [0.25, 0.3) is 0 Å². The van der Waals surface area contributed by atoms with E-state index in [-0.39, 0.29) is 0 Å². The number of pyridine rings is 1. The number of sulfonamides is 1. The van der Waals surface area contributed by atoms with Crippen molar-refractivity contribution in [2.24, 2.45) is 5.92 Å². The summed E-state index contributed by atoms with van der Waals surface area (Å²) in [6, 6.07) is 13.1. The maximum Gasteiger partial charge on any atom is 0.243 e. The molecular formula is C19H25N3O2S. The molecular weight excluding hydrogens is 334 g/mol. The molecule has 1 aliphatic heterocycles. The summed E-state index contributed by atoms with van der Waals surface area (Å²) in [6.45, 7) is 6.58. The van der Waals surface area contributed by atoms with Crippen molar-refractivity contribution >= 4 is 15.8 Å². The van der Waals surface area contributed by atoms with Crippen LogP contribution in [0.15, 0.2) is 53.6 Å². The molecule has 0 saturated carbocycles. The summed E-state index contributed by atoms with van der Waals surface area (Å²) in [7, 11) is -3.43. The first-order valence-electron chi connectivity index (χ1n) is 8.72. The maximum atomic E-state index is 12.9. The quantitative estimate of drug-likeness (QED) is 0.824. The molecule has 1 aromatic carbocycles. The zero-order valence-electron chi connectivity index (χ0n) is 14.8. The van der Waals surface area contributed by atoms with Gasteiger partial charge in [0.15, 0.2) is 0 Å². The van der Waals surface area contributed by atoms with Gasteiger partial charge in [0.1, 0.15) is 5.82 Å². The van der Waals surface area contributed by atoms with Crippen molar-refractivity contribution in [2.45, 2.75) is 25.2 Å². The Labute approximate surface area is 150 Å².